The molecule has 0 unspecified atom stereocenters. The summed E-state index contributed by atoms with van der Waals surface area (Å²) in [6.07, 6.45) is 7.09. The number of hydrogen-bond donors (Lipinski definition) is 2. The van der Waals surface area contributed by atoms with Crippen molar-refractivity contribution in [1.29, 1.82) is 0 Å². The Hall–Kier alpha value is -4.76. The number of aliphatic hydroxyl groups excluding tert-OH is 1. The van der Waals surface area contributed by atoms with Crippen LogP contribution in [0.4, 0.5) is 0 Å². The van der Waals surface area contributed by atoms with Crippen molar-refractivity contribution in [2.24, 2.45) is 11.8 Å². The Morgan fingerprint density at radius 1 is 0.875 bits per heavy atom. The van der Waals surface area contributed by atoms with Crippen LogP contribution in [-0.2, 0) is 54.6 Å². The van der Waals surface area contributed by atoms with E-state index in [0.717, 1.165) is 28.7 Å². The molecule has 0 fully saturated rings. The van der Waals surface area contributed by atoms with E-state index in [2.05, 4.69) is 5.32 Å². The molecule has 0 saturated carbocycles. The molecule has 0 saturated heterocycles. The summed E-state index contributed by atoms with van der Waals surface area (Å²) >= 11 is 0. The number of nitrogens with zero attached hydrogens (tertiary/aromatic N) is 1. The summed E-state index contributed by atoms with van der Waals surface area (Å²) in [5, 5.41) is 12.9. The van der Waals surface area contributed by atoms with Gasteiger partial charge in [0.15, 0.2) is 6.04 Å². The fourth-order valence-electron chi connectivity index (χ4n) is 6.29. The maximum Gasteiger partial charge on any atom is 0.332 e. The number of carbonyl (C=O) groups excluding carboxylic acids is 4. The van der Waals surface area contributed by atoms with Gasteiger partial charge in [0.05, 0.1) is 24.5 Å². The molecule has 5 rings (SSSR count). The van der Waals surface area contributed by atoms with Gasteiger partial charge in [0, 0.05) is 13.0 Å². The van der Waals surface area contributed by atoms with E-state index < -0.39 is 48.4 Å². The minimum atomic E-state index is -1.26. The SMILES string of the molecule is O=C1N[C@@H](C(=O)OCc2ccccc2)COC(=O)[C@@H](Cc2ccccc2)CCCC=CC[C@@H]1CC(=O)N1Cc2ccccc2C[C@H]1CO. The number of fused-ring (bicyclic) bond motifs is 1. The fourth-order valence-corrected chi connectivity index (χ4v) is 6.29. The van der Waals surface area contributed by atoms with E-state index in [1.165, 1.54) is 0 Å². The third-order valence-corrected chi connectivity index (χ3v) is 9.06. The van der Waals surface area contributed by atoms with Gasteiger partial charge in [-0.1, -0.05) is 97.1 Å². The van der Waals surface area contributed by atoms with Crippen molar-refractivity contribution in [3.63, 3.8) is 0 Å². The lowest BCUT2D eigenvalue weighted by Crippen LogP contribution is -2.50. The van der Waals surface area contributed by atoms with Crippen LogP contribution in [0.3, 0.4) is 0 Å². The number of ether oxygens (including phenoxy) is 2. The van der Waals surface area contributed by atoms with Crippen molar-refractivity contribution in [1.82, 2.24) is 10.2 Å². The molecular formula is C39H44N2O7. The highest BCUT2D eigenvalue weighted by Crippen LogP contribution is 2.26. The highest BCUT2D eigenvalue weighted by Gasteiger charge is 2.34. The maximum atomic E-state index is 13.8. The fraction of sp³-hybridized carbons (Fsp3) is 0.385. The van der Waals surface area contributed by atoms with E-state index in [-0.39, 0.29) is 32.0 Å². The van der Waals surface area contributed by atoms with Crippen LogP contribution in [0.15, 0.2) is 97.1 Å². The molecule has 2 N–H and O–H groups in total. The molecular weight excluding hydrogens is 608 g/mol. The van der Waals surface area contributed by atoms with Crippen LogP contribution in [0.2, 0.25) is 0 Å². The van der Waals surface area contributed by atoms with Crippen molar-refractivity contribution < 1.29 is 33.8 Å². The van der Waals surface area contributed by atoms with E-state index in [0.29, 0.717) is 32.2 Å². The summed E-state index contributed by atoms with van der Waals surface area (Å²) in [5.74, 6) is -3.15. The number of hydrogen-bond acceptors (Lipinski definition) is 7. The first kappa shape index (κ1) is 34.6. The number of carbonyl (C=O) groups is 4. The molecule has 252 valence electrons. The first-order valence-corrected chi connectivity index (χ1v) is 16.7. The van der Waals surface area contributed by atoms with Crippen molar-refractivity contribution in [2.45, 2.75) is 70.2 Å². The predicted octanol–water partition coefficient (Wildman–Crippen LogP) is 4.70. The zero-order chi connectivity index (χ0) is 33.7. The average Bonchev–Trinajstić information content (AvgIpc) is 3.12. The van der Waals surface area contributed by atoms with E-state index in [4.69, 9.17) is 9.47 Å². The predicted molar refractivity (Wildman–Crippen MR) is 180 cm³/mol. The molecule has 2 aliphatic heterocycles. The number of amides is 2. The molecule has 9 heteroatoms. The highest BCUT2D eigenvalue weighted by molar-refractivity contribution is 5.89. The molecule has 2 heterocycles. The van der Waals surface area contributed by atoms with Crippen LogP contribution in [0.1, 0.15) is 54.4 Å². The van der Waals surface area contributed by atoms with E-state index >= 15 is 0 Å². The zero-order valence-corrected chi connectivity index (χ0v) is 27.2. The third-order valence-electron chi connectivity index (χ3n) is 9.06. The Morgan fingerprint density at radius 3 is 2.29 bits per heavy atom. The lowest BCUT2D eigenvalue weighted by Gasteiger charge is -2.36. The van der Waals surface area contributed by atoms with Gasteiger partial charge in [0.1, 0.15) is 13.2 Å². The summed E-state index contributed by atoms with van der Waals surface area (Å²) in [4.78, 5) is 55.9. The quantitative estimate of drug-likeness (QED) is 0.267. The number of allylic oxidation sites excluding steroid dienone is 2. The maximum absolute atomic E-state index is 13.8. The molecule has 0 aliphatic carbocycles. The van der Waals surface area contributed by atoms with Crippen molar-refractivity contribution in [3.05, 3.63) is 119 Å². The van der Waals surface area contributed by atoms with Gasteiger partial charge in [-0.25, -0.2) is 4.79 Å². The summed E-state index contributed by atoms with van der Waals surface area (Å²) < 4.78 is 11.3. The Kier molecular flexibility index (Phi) is 12.5. The Bertz CT molecular complexity index is 1560. The first-order chi connectivity index (χ1) is 23.4. The van der Waals surface area contributed by atoms with Gasteiger partial charge in [-0.2, -0.15) is 0 Å². The van der Waals surface area contributed by atoms with E-state index in [1.807, 2.05) is 97.1 Å². The molecule has 0 aromatic heterocycles. The Morgan fingerprint density at radius 2 is 1.56 bits per heavy atom. The van der Waals surface area contributed by atoms with Crippen molar-refractivity contribution in [2.75, 3.05) is 13.2 Å². The third kappa shape index (κ3) is 9.64. The number of esters is 2. The molecule has 48 heavy (non-hydrogen) atoms. The van der Waals surface area contributed by atoms with Crippen LogP contribution >= 0.6 is 0 Å². The van der Waals surface area contributed by atoms with Gasteiger partial charge in [-0.05, 0) is 60.8 Å². The van der Waals surface area contributed by atoms with Crippen LogP contribution in [0.25, 0.3) is 0 Å². The normalized spacial score (nSPS) is 22.1. The van der Waals surface area contributed by atoms with Gasteiger partial charge in [0.2, 0.25) is 11.8 Å². The minimum absolute atomic E-state index is 0.0136. The van der Waals surface area contributed by atoms with Crippen LogP contribution in [0.5, 0.6) is 0 Å². The van der Waals surface area contributed by atoms with E-state index in [1.54, 1.807) is 4.90 Å². The van der Waals surface area contributed by atoms with E-state index in [9.17, 15) is 24.3 Å². The average molecular weight is 653 g/mol. The molecule has 2 amide bonds. The molecule has 3 aromatic rings. The monoisotopic (exact) mass is 652 g/mol. The standard InChI is InChI=1S/C39H44N2O7/c42-25-34-22-30-17-11-12-20-33(30)24-41(34)36(43)23-31-18-9-1-2-10-19-32(21-28-13-5-3-6-14-28)38(45)48-27-35(40-37(31)44)39(46)47-26-29-15-7-4-8-16-29/h1,3-9,11-17,20,31-32,34-35,42H,2,10,18-19,21-27H2,(H,40,44)/t31-,32-,34+,35-/m1/s1. The molecule has 0 spiro atoms. The van der Waals surface area contributed by atoms with Gasteiger partial charge in [-0.3, -0.25) is 14.4 Å². The molecule has 3 aromatic carbocycles. The zero-order valence-electron chi connectivity index (χ0n) is 27.2. The first-order valence-electron chi connectivity index (χ1n) is 16.7. The largest absolute Gasteiger partial charge is 0.463 e. The summed E-state index contributed by atoms with van der Waals surface area (Å²) in [7, 11) is 0. The van der Waals surface area contributed by atoms with Crippen molar-refractivity contribution >= 4 is 23.8 Å². The smallest absolute Gasteiger partial charge is 0.332 e. The number of aliphatic hydroxyl groups is 1. The highest BCUT2D eigenvalue weighted by atomic mass is 16.6. The van der Waals surface area contributed by atoms with Crippen molar-refractivity contribution in [3.8, 4) is 0 Å². The van der Waals surface area contributed by atoms with Crippen LogP contribution in [-0.4, -0.2) is 59.1 Å². The number of nitrogens with one attached hydrogen (secondary N) is 1. The Labute approximate surface area is 281 Å². The lowest BCUT2D eigenvalue weighted by molar-refractivity contribution is -0.157. The molecule has 0 bridgehead atoms. The summed E-state index contributed by atoms with van der Waals surface area (Å²) in [6, 6.07) is 25.0. The van der Waals surface area contributed by atoms with Gasteiger partial charge < -0.3 is 24.8 Å². The number of benzene rings is 3. The molecule has 9 nitrogen and oxygen atoms in total. The molecule has 0 radical (unpaired) electrons. The Balaban J connectivity index is 1.33. The van der Waals surface area contributed by atoms with Gasteiger partial charge in [0.25, 0.3) is 0 Å². The number of rotatable bonds is 8. The number of cyclic esters (lactones) is 1. The van der Waals surface area contributed by atoms with Crippen LogP contribution in [0, 0.1) is 11.8 Å². The molecule has 4 atom stereocenters. The molecule has 2 aliphatic rings. The summed E-state index contributed by atoms with van der Waals surface area (Å²) in [5.41, 5.74) is 3.89. The topological polar surface area (TPSA) is 122 Å². The van der Waals surface area contributed by atoms with Gasteiger partial charge >= 0.3 is 11.9 Å². The lowest BCUT2D eigenvalue weighted by atomic mass is 9.92. The second-order valence-electron chi connectivity index (χ2n) is 12.5. The van der Waals surface area contributed by atoms with Crippen LogP contribution < -0.4 is 5.32 Å². The second-order valence-corrected chi connectivity index (χ2v) is 12.5. The minimum Gasteiger partial charge on any atom is -0.463 e. The summed E-state index contributed by atoms with van der Waals surface area (Å²) in [6.45, 7) is -0.252. The second kappa shape index (κ2) is 17.4. The van der Waals surface area contributed by atoms with Gasteiger partial charge in [-0.15, -0.1) is 0 Å².